The number of amides is 1. The SMILES string of the molecule is C[C@H]1CNC[C@@H]1NC(=O)OCc1ccccc1. The summed E-state index contributed by atoms with van der Waals surface area (Å²) in [5, 5.41) is 6.11. The number of rotatable bonds is 3. The van der Waals surface area contributed by atoms with E-state index in [0.29, 0.717) is 12.5 Å². The third-order valence-electron chi connectivity index (χ3n) is 3.03. The van der Waals surface area contributed by atoms with E-state index in [9.17, 15) is 4.79 Å². The van der Waals surface area contributed by atoms with Crippen LogP contribution in [-0.2, 0) is 11.3 Å². The molecule has 1 aliphatic rings. The molecule has 17 heavy (non-hydrogen) atoms. The lowest BCUT2D eigenvalue weighted by Gasteiger charge is -2.16. The Balaban J connectivity index is 1.74. The van der Waals surface area contributed by atoms with Crippen molar-refractivity contribution in [2.24, 2.45) is 5.92 Å². The first-order valence-electron chi connectivity index (χ1n) is 5.93. The third-order valence-corrected chi connectivity index (χ3v) is 3.03. The van der Waals surface area contributed by atoms with E-state index in [4.69, 9.17) is 4.74 Å². The maximum absolute atomic E-state index is 11.6. The number of carbonyl (C=O) groups is 1. The molecule has 92 valence electrons. The zero-order valence-corrected chi connectivity index (χ0v) is 9.98. The van der Waals surface area contributed by atoms with Crippen LogP contribution >= 0.6 is 0 Å². The largest absolute Gasteiger partial charge is 0.445 e. The molecule has 4 nitrogen and oxygen atoms in total. The fourth-order valence-electron chi connectivity index (χ4n) is 1.92. The van der Waals surface area contributed by atoms with Crippen LogP contribution in [-0.4, -0.2) is 25.2 Å². The third kappa shape index (κ3) is 3.46. The van der Waals surface area contributed by atoms with Gasteiger partial charge < -0.3 is 15.4 Å². The highest BCUT2D eigenvalue weighted by atomic mass is 16.5. The maximum atomic E-state index is 11.6. The predicted octanol–water partition coefficient (Wildman–Crippen LogP) is 1.52. The molecule has 1 aliphatic heterocycles. The van der Waals surface area contributed by atoms with Crippen molar-refractivity contribution in [2.45, 2.75) is 19.6 Å². The van der Waals surface area contributed by atoms with Gasteiger partial charge in [0.25, 0.3) is 0 Å². The smallest absolute Gasteiger partial charge is 0.407 e. The number of ether oxygens (including phenoxy) is 1. The molecule has 0 aromatic heterocycles. The first-order chi connectivity index (χ1) is 8.25. The number of nitrogens with one attached hydrogen (secondary N) is 2. The van der Waals surface area contributed by atoms with Crippen LogP contribution < -0.4 is 10.6 Å². The summed E-state index contributed by atoms with van der Waals surface area (Å²) < 4.78 is 5.16. The molecule has 0 saturated carbocycles. The summed E-state index contributed by atoms with van der Waals surface area (Å²) in [7, 11) is 0. The molecular formula is C13H18N2O2. The van der Waals surface area contributed by atoms with Gasteiger partial charge in [-0.25, -0.2) is 4.79 Å². The second-order valence-corrected chi connectivity index (χ2v) is 4.45. The van der Waals surface area contributed by atoms with E-state index in [1.807, 2.05) is 30.3 Å². The predicted molar refractivity (Wildman–Crippen MR) is 65.6 cm³/mol. The summed E-state index contributed by atoms with van der Waals surface area (Å²) >= 11 is 0. The zero-order valence-electron chi connectivity index (χ0n) is 9.98. The van der Waals surface area contributed by atoms with Gasteiger partial charge in [0.15, 0.2) is 0 Å². The van der Waals surface area contributed by atoms with E-state index in [2.05, 4.69) is 17.6 Å². The Morgan fingerprint density at radius 1 is 1.41 bits per heavy atom. The van der Waals surface area contributed by atoms with E-state index >= 15 is 0 Å². The van der Waals surface area contributed by atoms with Crippen LogP contribution in [0.3, 0.4) is 0 Å². The number of hydrogen-bond acceptors (Lipinski definition) is 3. The van der Waals surface area contributed by atoms with E-state index < -0.39 is 0 Å². The van der Waals surface area contributed by atoms with Gasteiger partial charge in [0.1, 0.15) is 6.61 Å². The number of benzene rings is 1. The number of alkyl carbamates (subject to hydrolysis) is 1. The molecule has 0 unspecified atom stereocenters. The van der Waals surface area contributed by atoms with Gasteiger partial charge in [0.05, 0.1) is 0 Å². The van der Waals surface area contributed by atoms with Crippen LogP contribution in [0.15, 0.2) is 30.3 Å². The van der Waals surface area contributed by atoms with Crippen molar-refractivity contribution < 1.29 is 9.53 Å². The fourth-order valence-corrected chi connectivity index (χ4v) is 1.92. The molecular weight excluding hydrogens is 216 g/mol. The van der Waals surface area contributed by atoms with E-state index in [-0.39, 0.29) is 12.1 Å². The Bertz CT molecular complexity index is 367. The molecule has 2 N–H and O–H groups in total. The second kappa shape index (κ2) is 5.68. The fraction of sp³-hybridized carbons (Fsp3) is 0.462. The molecule has 1 fully saturated rings. The number of hydrogen-bond donors (Lipinski definition) is 2. The monoisotopic (exact) mass is 234 g/mol. The van der Waals surface area contributed by atoms with Gasteiger partial charge in [0.2, 0.25) is 0 Å². The number of carbonyl (C=O) groups excluding carboxylic acids is 1. The molecule has 1 amide bonds. The maximum Gasteiger partial charge on any atom is 0.407 e. The van der Waals surface area contributed by atoms with Crippen molar-refractivity contribution in [3.05, 3.63) is 35.9 Å². The first kappa shape index (κ1) is 11.9. The molecule has 1 saturated heterocycles. The minimum absolute atomic E-state index is 0.179. The second-order valence-electron chi connectivity index (χ2n) is 4.45. The molecule has 0 radical (unpaired) electrons. The first-order valence-corrected chi connectivity index (χ1v) is 5.93. The lowest BCUT2D eigenvalue weighted by atomic mass is 10.1. The molecule has 0 bridgehead atoms. The van der Waals surface area contributed by atoms with E-state index in [1.165, 1.54) is 0 Å². The van der Waals surface area contributed by atoms with Crippen LogP contribution in [0.5, 0.6) is 0 Å². The molecule has 4 heteroatoms. The van der Waals surface area contributed by atoms with Gasteiger partial charge in [-0.1, -0.05) is 37.3 Å². The molecule has 0 aliphatic carbocycles. The Labute approximate surface area is 101 Å². The Morgan fingerprint density at radius 3 is 2.82 bits per heavy atom. The molecule has 2 atom stereocenters. The van der Waals surface area contributed by atoms with Crippen molar-refractivity contribution >= 4 is 6.09 Å². The van der Waals surface area contributed by atoms with Crippen LogP contribution in [0.4, 0.5) is 4.79 Å². The molecule has 2 rings (SSSR count). The minimum Gasteiger partial charge on any atom is -0.445 e. The highest BCUT2D eigenvalue weighted by molar-refractivity contribution is 5.67. The minimum atomic E-state index is -0.339. The van der Waals surface area contributed by atoms with Crippen LogP contribution in [0, 0.1) is 5.92 Å². The topological polar surface area (TPSA) is 50.4 Å². The van der Waals surface area contributed by atoms with Crippen molar-refractivity contribution in [3.63, 3.8) is 0 Å². The highest BCUT2D eigenvalue weighted by Gasteiger charge is 2.24. The van der Waals surface area contributed by atoms with E-state index in [0.717, 1.165) is 18.7 Å². The Kier molecular flexibility index (Phi) is 3.98. The summed E-state index contributed by atoms with van der Waals surface area (Å²) in [6.07, 6.45) is -0.339. The lowest BCUT2D eigenvalue weighted by molar-refractivity contribution is 0.134. The van der Waals surface area contributed by atoms with Gasteiger partial charge in [0, 0.05) is 12.6 Å². The van der Waals surface area contributed by atoms with Gasteiger partial charge in [-0.2, -0.15) is 0 Å². The van der Waals surface area contributed by atoms with Gasteiger partial charge in [-0.05, 0) is 18.0 Å². The standard InChI is InChI=1S/C13H18N2O2/c1-10-7-14-8-12(10)15-13(16)17-9-11-5-3-2-4-6-11/h2-6,10,12,14H,7-9H2,1H3,(H,15,16)/t10-,12-/m0/s1. The summed E-state index contributed by atoms with van der Waals surface area (Å²) in [5.41, 5.74) is 1.00. The van der Waals surface area contributed by atoms with Gasteiger partial charge >= 0.3 is 6.09 Å². The Hall–Kier alpha value is -1.55. The zero-order chi connectivity index (χ0) is 12.1. The normalized spacial score (nSPS) is 23.4. The quantitative estimate of drug-likeness (QED) is 0.833. The van der Waals surface area contributed by atoms with Crippen LogP contribution in [0.25, 0.3) is 0 Å². The molecule has 1 aromatic rings. The summed E-state index contributed by atoms with van der Waals surface area (Å²) in [6.45, 7) is 4.20. The average Bonchev–Trinajstić information content (AvgIpc) is 2.74. The van der Waals surface area contributed by atoms with Crippen LogP contribution in [0.1, 0.15) is 12.5 Å². The molecule has 1 heterocycles. The van der Waals surface area contributed by atoms with Crippen LogP contribution in [0.2, 0.25) is 0 Å². The summed E-state index contributed by atoms with van der Waals surface area (Å²) in [5.74, 6) is 0.458. The van der Waals surface area contributed by atoms with E-state index in [1.54, 1.807) is 0 Å². The molecule has 0 spiro atoms. The van der Waals surface area contributed by atoms with Crippen molar-refractivity contribution in [1.82, 2.24) is 10.6 Å². The summed E-state index contributed by atoms with van der Waals surface area (Å²) in [6, 6.07) is 9.85. The van der Waals surface area contributed by atoms with Crippen molar-refractivity contribution in [2.75, 3.05) is 13.1 Å². The average molecular weight is 234 g/mol. The van der Waals surface area contributed by atoms with Gasteiger partial charge in [-0.3, -0.25) is 0 Å². The summed E-state index contributed by atoms with van der Waals surface area (Å²) in [4.78, 5) is 11.6. The molecule has 1 aromatic carbocycles. The van der Waals surface area contributed by atoms with Gasteiger partial charge in [-0.15, -0.1) is 0 Å². The highest BCUT2D eigenvalue weighted by Crippen LogP contribution is 2.08. The lowest BCUT2D eigenvalue weighted by Crippen LogP contribution is -2.39. The van der Waals surface area contributed by atoms with Crippen molar-refractivity contribution in [1.29, 1.82) is 0 Å². The van der Waals surface area contributed by atoms with Crippen molar-refractivity contribution in [3.8, 4) is 0 Å². The Morgan fingerprint density at radius 2 is 2.18 bits per heavy atom.